The first-order chi connectivity index (χ1) is 13.1. The second-order valence-corrected chi connectivity index (χ2v) is 5.82. The maximum Gasteiger partial charge on any atom is 0.275 e. The molecule has 0 fully saturated rings. The molecule has 1 amide bonds. The number of rotatable bonds is 6. The molecule has 2 N–H and O–H groups in total. The highest BCUT2D eigenvalue weighted by molar-refractivity contribution is 6.32. The number of benzene rings is 2. The Kier molecular flexibility index (Phi) is 5.73. The van der Waals surface area contributed by atoms with Crippen molar-refractivity contribution >= 4 is 34.7 Å². The van der Waals surface area contributed by atoms with Gasteiger partial charge in [0, 0.05) is 5.69 Å². The van der Waals surface area contributed by atoms with Crippen molar-refractivity contribution in [2.75, 3.05) is 24.9 Å². The van der Waals surface area contributed by atoms with Crippen LogP contribution in [0.3, 0.4) is 0 Å². The third-order valence-electron chi connectivity index (χ3n) is 3.66. The summed E-state index contributed by atoms with van der Waals surface area (Å²) in [5.74, 6) is 1.30. The van der Waals surface area contributed by atoms with E-state index in [0.29, 0.717) is 28.0 Å². The maximum absolute atomic E-state index is 12.3. The van der Waals surface area contributed by atoms with Crippen molar-refractivity contribution in [3.63, 3.8) is 0 Å². The van der Waals surface area contributed by atoms with Gasteiger partial charge in [0.25, 0.3) is 5.91 Å². The molecule has 8 heteroatoms. The Hall–Kier alpha value is -3.32. The lowest BCUT2D eigenvalue weighted by Crippen LogP contribution is -2.14. The fourth-order valence-corrected chi connectivity index (χ4v) is 2.59. The van der Waals surface area contributed by atoms with Crippen LogP contribution in [0.25, 0.3) is 0 Å². The van der Waals surface area contributed by atoms with Gasteiger partial charge in [-0.1, -0.05) is 23.7 Å². The van der Waals surface area contributed by atoms with E-state index in [1.807, 2.05) is 24.3 Å². The number of para-hydroxylation sites is 2. The summed E-state index contributed by atoms with van der Waals surface area (Å²) in [6.07, 6.45) is 2.86. The van der Waals surface area contributed by atoms with Crippen LogP contribution >= 0.6 is 11.6 Å². The Balaban J connectivity index is 1.69. The second-order valence-electron chi connectivity index (χ2n) is 5.42. The normalized spacial score (nSPS) is 10.2. The molecular formula is C19H17ClN4O3. The zero-order valence-corrected chi connectivity index (χ0v) is 15.4. The number of nitrogens with zero attached hydrogens (tertiary/aromatic N) is 2. The molecule has 2 aromatic carbocycles. The van der Waals surface area contributed by atoms with E-state index >= 15 is 0 Å². The molecule has 0 atom stereocenters. The minimum atomic E-state index is -0.396. The molecular weight excluding hydrogens is 368 g/mol. The molecule has 1 heterocycles. The van der Waals surface area contributed by atoms with Crippen LogP contribution in [0.4, 0.5) is 17.2 Å². The summed E-state index contributed by atoms with van der Waals surface area (Å²) >= 11 is 6.06. The number of nitrogens with one attached hydrogen (secondary N) is 2. The maximum atomic E-state index is 12.3. The highest BCUT2D eigenvalue weighted by Gasteiger charge is 2.11. The number of hydrogen-bond acceptors (Lipinski definition) is 6. The summed E-state index contributed by atoms with van der Waals surface area (Å²) in [5, 5.41) is 6.21. The SMILES string of the molecule is COc1ccc(NC(=O)c2cnc(Nc3ccccc3OC)cn2)cc1Cl. The van der Waals surface area contributed by atoms with Gasteiger partial charge in [-0.05, 0) is 30.3 Å². The van der Waals surface area contributed by atoms with Crippen molar-refractivity contribution in [1.82, 2.24) is 9.97 Å². The lowest BCUT2D eigenvalue weighted by molar-refractivity contribution is 0.102. The Morgan fingerprint density at radius 3 is 2.44 bits per heavy atom. The van der Waals surface area contributed by atoms with Crippen molar-refractivity contribution in [2.45, 2.75) is 0 Å². The predicted molar refractivity (Wildman–Crippen MR) is 104 cm³/mol. The summed E-state index contributed by atoms with van der Waals surface area (Å²) < 4.78 is 10.4. The first-order valence-electron chi connectivity index (χ1n) is 7.97. The molecule has 0 unspecified atom stereocenters. The van der Waals surface area contributed by atoms with Crippen LogP contribution in [-0.4, -0.2) is 30.1 Å². The molecule has 0 bridgehead atoms. The minimum absolute atomic E-state index is 0.174. The van der Waals surface area contributed by atoms with E-state index < -0.39 is 5.91 Å². The number of methoxy groups -OCH3 is 2. The van der Waals surface area contributed by atoms with Crippen LogP contribution in [0.2, 0.25) is 5.02 Å². The van der Waals surface area contributed by atoms with Gasteiger partial charge in [-0.3, -0.25) is 4.79 Å². The summed E-state index contributed by atoms with van der Waals surface area (Å²) in [6.45, 7) is 0. The molecule has 27 heavy (non-hydrogen) atoms. The van der Waals surface area contributed by atoms with Crippen molar-refractivity contribution in [3.05, 3.63) is 65.6 Å². The number of ether oxygens (including phenoxy) is 2. The van der Waals surface area contributed by atoms with Crippen LogP contribution in [0.15, 0.2) is 54.9 Å². The van der Waals surface area contributed by atoms with Gasteiger partial charge in [0.15, 0.2) is 0 Å². The molecule has 0 aliphatic heterocycles. The lowest BCUT2D eigenvalue weighted by atomic mass is 10.3. The van der Waals surface area contributed by atoms with Crippen molar-refractivity contribution < 1.29 is 14.3 Å². The summed E-state index contributed by atoms with van der Waals surface area (Å²) in [4.78, 5) is 20.7. The van der Waals surface area contributed by atoms with Crippen LogP contribution in [0.1, 0.15) is 10.5 Å². The van der Waals surface area contributed by atoms with E-state index in [0.717, 1.165) is 5.69 Å². The third kappa shape index (κ3) is 4.45. The number of hydrogen-bond donors (Lipinski definition) is 2. The molecule has 0 aliphatic carbocycles. The molecule has 1 aromatic heterocycles. The zero-order valence-electron chi connectivity index (χ0n) is 14.7. The van der Waals surface area contributed by atoms with E-state index in [1.54, 1.807) is 25.3 Å². The minimum Gasteiger partial charge on any atom is -0.495 e. The van der Waals surface area contributed by atoms with Gasteiger partial charge in [0.1, 0.15) is 23.0 Å². The van der Waals surface area contributed by atoms with Crippen LogP contribution in [0, 0.1) is 0 Å². The number of halogens is 1. The topological polar surface area (TPSA) is 85.4 Å². The number of carbonyl (C=O) groups excluding carboxylic acids is 1. The first-order valence-corrected chi connectivity index (χ1v) is 8.35. The molecule has 3 aromatic rings. The number of amides is 1. The van der Waals surface area contributed by atoms with E-state index in [-0.39, 0.29) is 5.69 Å². The van der Waals surface area contributed by atoms with Gasteiger partial charge in [0.05, 0.1) is 37.3 Å². The average molecular weight is 385 g/mol. The van der Waals surface area contributed by atoms with Gasteiger partial charge in [0.2, 0.25) is 0 Å². The van der Waals surface area contributed by atoms with Crippen LogP contribution in [0.5, 0.6) is 11.5 Å². The lowest BCUT2D eigenvalue weighted by Gasteiger charge is -2.10. The molecule has 0 saturated carbocycles. The fourth-order valence-electron chi connectivity index (χ4n) is 2.33. The van der Waals surface area contributed by atoms with Gasteiger partial charge in [-0.2, -0.15) is 0 Å². The highest BCUT2D eigenvalue weighted by atomic mass is 35.5. The molecule has 138 valence electrons. The van der Waals surface area contributed by atoms with Gasteiger partial charge in [-0.15, -0.1) is 0 Å². The van der Waals surface area contributed by atoms with Crippen LogP contribution in [-0.2, 0) is 0 Å². The molecule has 3 rings (SSSR count). The summed E-state index contributed by atoms with van der Waals surface area (Å²) in [7, 11) is 3.11. The van der Waals surface area contributed by atoms with Crippen molar-refractivity contribution in [2.24, 2.45) is 0 Å². The first kappa shape index (κ1) is 18.5. The van der Waals surface area contributed by atoms with Crippen molar-refractivity contribution in [1.29, 1.82) is 0 Å². The molecule has 0 radical (unpaired) electrons. The Morgan fingerprint density at radius 1 is 1.00 bits per heavy atom. The molecule has 0 spiro atoms. The van der Waals surface area contributed by atoms with Crippen LogP contribution < -0.4 is 20.1 Å². The number of anilines is 3. The van der Waals surface area contributed by atoms with Gasteiger partial charge in [-0.25, -0.2) is 9.97 Å². The summed E-state index contributed by atoms with van der Waals surface area (Å²) in [6, 6.07) is 12.4. The second kappa shape index (κ2) is 8.37. The van der Waals surface area contributed by atoms with Gasteiger partial charge < -0.3 is 20.1 Å². The molecule has 7 nitrogen and oxygen atoms in total. The Bertz CT molecular complexity index is 948. The predicted octanol–water partition coefficient (Wildman–Crippen LogP) is 4.14. The largest absolute Gasteiger partial charge is 0.495 e. The van der Waals surface area contributed by atoms with E-state index in [4.69, 9.17) is 21.1 Å². The Morgan fingerprint density at radius 2 is 1.78 bits per heavy atom. The standard InChI is InChI=1S/C19H17ClN4O3/c1-26-16-8-7-12(9-13(16)20)23-19(25)15-10-22-18(11-21-15)24-14-5-3-4-6-17(14)27-2/h3-11H,1-2H3,(H,22,24)(H,23,25). The van der Waals surface area contributed by atoms with E-state index in [1.165, 1.54) is 19.5 Å². The van der Waals surface area contributed by atoms with Gasteiger partial charge >= 0.3 is 0 Å². The quantitative estimate of drug-likeness (QED) is 0.664. The van der Waals surface area contributed by atoms with Crippen molar-refractivity contribution in [3.8, 4) is 11.5 Å². The smallest absolute Gasteiger partial charge is 0.275 e. The Labute approximate surface area is 161 Å². The van der Waals surface area contributed by atoms with E-state index in [9.17, 15) is 4.79 Å². The zero-order chi connectivity index (χ0) is 19.2. The monoisotopic (exact) mass is 384 g/mol. The highest BCUT2D eigenvalue weighted by Crippen LogP contribution is 2.28. The number of carbonyl (C=O) groups is 1. The average Bonchev–Trinajstić information content (AvgIpc) is 2.69. The molecule has 0 saturated heterocycles. The third-order valence-corrected chi connectivity index (χ3v) is 3.96. The molecule has 0 aliphatic rings. The number of aromatic nitrogens is 2. The van der Waals surface area contributed by atoms with E-state index in [2.05, 4.69) is 20.6 Å². The fraction of sp³-hybridized carbons (Fsp3) is 0.105. The summed E-state index contributed by atoms with van der Waals surface area (Å²) in [5.41, 5.74) is 1.45.